The highest BCUT2D eigenvalue weighted by Gasteiger charge is 2.23. The van der Waals surface area contributed by atoms with Gasteiger partial charge in [-0.2, -0.15) is 0 Å². The molecule has 1 aliphatic carbocycles. The highest BCUT2D eigenvalue weighted by Crippen LogP contribution is 2.23. The Morgan fingerprint density at radius 3 is 2.80 bits per heavy atom. The van der Waals surface area contributed by atoms with E-state index in [2.05, 4.69) is 4.98 Å². The Kier molecular flexibility index (Phi) is 2.99. The molecule has 1 aromatic rings. The van der Waals surface area contributed by atoms with Crippen molar-refractivity contribution in [2.24, 2.45) is 0 Å². The smallest absolute Gasteiger partial charge is 0.255 e. The molecule has 15 heavy (non-hydrogen) atoms. The second-order valence-electron chi connectivity index (χ2n) is 4.10. The van der Waals surface area contributed by atoms with Gasteiger partial charge in [-0.05, 0) is 25.0 Å². The van der Waals surface area contributed by atoms with E-state index < -0.39 is 0 Å². The van der Waals surface area contributed by atoms with Crippen LogP contribution in [0.5, 0.6) is 0 Å². The van der Waals surface area contributed by atoms with Crippen LogP contribution in [0.25, 0.3) is 0 Å². The first kappa shape index (κ1) is 10.1. The summed E-state index contributed by atoms with van der Waals surface area (Å²) in [4.78, 5) is 17.8. The van der Waals surface area contributed by atoms with Crippen LogP contribution in [-0.4, -0.2) is 28.9 Å². The van der Waals surface area contributed by atoms with Crippen molar-refractivity contribution in [3.8, 4) is 0 Å². The minimum Gasteiger partial charge on any atom is -0.339 e. The fourth-order valence-corrected chi connectivity index (χ4v) is 2.15. The summed E-state index contributed by atoms with van der Waals surface area (Å²) in [6, 6.07) is 4.05. The summed E-state index contributed by atoms with van der Waals surface area (Å²) < 4.78 is 0. The van der Waals surface area contributed by atoms with Gasteiger partial charge < -0.3 is 4.90 Å². The van der Waals surface area contributed by atoms with Gasteiger partial charge in [-0.1, -0.05) is 12.8 Å². The highest BCUT2D eigenvalue weighted by atomic mass is 16.2. The van der Waals surface area contributed by atoms with Crippen LogP contribution < -0.4 is 0 Å². The Hall–Kier alpha value is -1.38. The zero-order valence-corrected chi connectivity index (χ0v) is 9.02. The molecule has 80 valence electrons. The first-order valence-electron chi connectivity index (χ1n) is 5.46. The Balaban J connectivity index is 2.07. The van der Waals surface area contributed by atoms with Crippen LogP contribution in [0.3, 0.4) is 0 Å². The summed E-state index contributed by atoms with van der Waals surface area (Å²) in [6.45, 7) is 0. The van der Waals surface area contributed by atoms with E-state index in [1.54, 1.807) is 18.5 Å². The second-order valence-corrected chi connectivity index (χ2v) is 4.10. The van der Waals surface area contributed by atoms with Crippen molar-refractivity contribution >= 4 is 5.91 Å². The minimum atomic E-state index is 0.0926. The summed E-state index contributed by atoms with van der Waals surface area (Å²) in [7, 11) is 1.89. The SMILES string of the molecule is CN(C(=O)c1cccnc1)C1CCCC1. The molecule has 0 saturated heterocycles. The van der Waals surface area contributed by atoms with Gasteiger partial charge in [-0.15, -0.1) is 0 Å². The molecule has 2 rings (SSSR count). The maximum Gasteiger partial charge on any atom is 0.255 e. The molecule has 1 aliphatic rings. The molecule has 0 bridgehead atoms. The van der Waals surface area contributed by atoms with E-state index in [0.29, 0.717) is 11.6 Å². The largest absolute Gasteiger partial charge is 0.339 e. The third kappa shape index (κ3) is 2.17. The molecule has 3 heteroatoms. The molecule has 0 radical (unpaired) electrons. The van der Waals surface area contributed by atoms with Crippen LogP contribution in [0, 0.1) is 0 Å². The van der Waals surface area contributed by atoms with Gasteiger partial charge in [0.1, 0.15) is 0 Å². The average molecular weight is 204 g/mol. The van der Waals surface area contributed by atoms with Crippen LogP contribution in [0.4, 0.5) is 0 Å². The fraction of sp³-hybridized carbons (Fsp3) is 0.500. The van der Waals surface area contributed by atoms with Gasteiger partial charge >= 0.3 is 0 Å². The summed E-state index contributed by atoms with van der Waals surface area (Å²) >= 11 is 0. The monoisotopic (exact) mass is 204 g/mol. The first-order valence-corrected chi connectivity index (χ1v) is 5.46. The van der Waals surface area contributed by atoms with Gasteiger partial charge in [0.2, 0.25) is 0 Å². The third-order valence-corrected chi connectivity index (χ3v) is 3.10. The van der Waals surface area contributed by atoms with Crippen molar-refractivity contribution in [2.75, 3.05) is 7.05 Å². The number of rotatable bonds is 2. The topological polar surface area (TPSA) is 33.2 Å². The lowest BCUT2D eigenvalue weighted by Gasteiger charge is -2.24. The Labute approximate surface area is 90.1 Å². The lowest BCUT2D eigenvalue weighted by Crippen LogP contribution is -2.35. The molecule has 0 aliphatic heterocycles. The Bertz CT molecular complexity index is 331. The number of hydrogen-bond donors (Lipinski definition) is 0. The van der Waals surface area contributed by atoms with E-state index in [9.17, 15) is 4.79 Å². The maximum atomic E-state index is 12.0. The number of amides is 1. The Morgan fingerprint density at radius 2 is 2.20 bits per heavy atom. The molecule has 1 saturated carbocycles. The van der Waals surface area contributed by atoms with E-state index in [1.165, 1.54) is 12.8 Å². The number of carbonyl (C=O) groups excluding carboxylic acids is 1. The molecule has 0 spiro atoms. The summed E-state index contributed by atoms with van der Waals surface area (Å²) in [6.07, 6.45) is 8.09. The molecule has 0 atom stereocenters. The maximum absolute atomic E-state index is 12.0. The van der Waals surface area contributed by atoms with Crippen molar-refractivity contribution in [3.63, 3.8) is 0 Å². The summed E-state index contributed by atoms with van der Waals surface area (Å²) in [5, 5.41) is 0. The normalized spacial score (nSPS) is 16.6. The zero-order valence-electron chi connectivity index (χ0n) is 9.02. The molecule has 0 N–H and O–H groups in total. The van der Waals surface area contributed by atoms with Crippen LogP contribution in [0.2, 0.25) is 0 Å². The molecule has 3 nitrogen and oxygen atoms in total. The number of aromatic nitrogens is 1. The number of pyridine rings is 1. The summed E-state index contributed by atoms with van der Waals surface area (Å²) in [5.41, 5.74) is 0.687. The molecular formula is C12H16N2O. The molecule has 1 fully saturated rings. The standard InChI is InChI=1S/C12H16N2O/c1-14(11-6-2-3-7-11)12(15)10-5-4-8-13-9-10/h4-5,8-9,11H,2-3,6-7H2,1H3. The van der Waals surface area contributed by atoms with Crippen LogP contribution in [0.1, 0.15) is 36.0 Å². The van der Waals surface area contributed by atoms with Gasteiger partial charge in [0.15, 0.2) is 0 Å². The molecule has 1 aromatic heterocycles. The zero-order chi connectivity index (χ0) is 10.7. The molecule has 0 aromatic carbocycles. The quantitative estimate of drug-likeness (QED) is 0.739. The van der Waals surface area contributed by atoms with Crippen LogP contribution in [0.15, 0.2) is 24.5 Å². The van der Waals surface area contributed by atoms with E-state index in [0.717, 1.165) is 12.8 Å². The van der Waals surface area contributed by atoms with Gasteiger partial charge in [0.05, 0.1) is 5.56 Å². The van der Waals surface area contributed by atoms with E-state index in [-0.39, 0.29) is 5.91 Å². The van der Waals surface area contributed by atoms with Crippen molar-refractivity contribution in [3.05, 3.63) is 30.1 Å². The van der Waals surface area contributed by atoms with E-state index in [4.69, 9.17) is 0 Å². The first-order chi connectivity index (χ1) is 7.29. The van der Waals surface area contributed by atoms with Crippen molar-refractivity contribution in [1.29, 1.82) is 0 Å². The Morgan fingerprint density at radius 1 is 1.47 bits per heavy atom. The predicted molar refractivity (Wildman–Crippen MR) is 58.6 cm³/mol. The number of nitrogens with zero attached hydrogens (tertiary/aromatic N) is 2. The summed E-state index contributed by atoms with van der Waals surface area (Å²) in [5.74, 6) is 0.0926. The van der Waals surface area contributed by atoms with Crippen molar-refractivity contribution in [2.45, 2.75) is 31.7 Å². The van der Waals surface area contributed by atoms with Crippen LogP contribution >= 0.6 is 0 Å². The lowest BCUT2D eigenvalue weighted by molar-refractivity contribution is 0.0735. The third-order valence-electron chi connectivity index (χ3n) is 3.10. The molecular weight excluding hydrogens is 188 g/mol. The number of hydrogen-bond acceptors (Lipinski definition) is 2. The van der Waals surface area contributed by atoms with E-state index >= 15 is 0 Å². The van der Waals surface area contributed by atoms with E-state index in [1.807, 2.05) is 18.0 Å². The van der Waals surface area contributed by atoms with Gasteiger partial charge in [-0.25, -0.2) is 0 Å². The molecule has 0 unspecified atom stereocenters. The molecule has 1 heterocycles. The van der Waals surface area contributed by atoms with Crippen molar-refractivity contribution < 1.29 is 4.79 Å². The average Bonchev–Trinajstić information content (AvgIpc) is 2.82. The fourth-order valence-electron chi connectivity index (χ4n) is 2.15. The van der Waals surface area contributed by atoms with Gasteiger partial charge in [0.25, 0.3) is 5.91 Å². The predicted octanol–water partition coefficient (Wildman–Crippen LogP) is 2.10. The lowest BCUT2D eigenvalue weighted by atomic mass is 10.2. The van der Waals surface area contributed by atoms with Gasteiger partial charge in [0, 0.05) is 25.5 Å². The number of carbonyl (C=O) groups is 1. The van der Waals surface area contributed by atoms with Crippen molar-refractivity contribution in [1.82, 2.24) is 9.88 Å². The highest BCUT2D eigenvalue weighted by molar-refractivity contribution is 5.93. The minimum absolute atomic E-state index is 0.0926. The van der Waals surface area contributed by atoms with Crippen LogP contribution in [-0.2, 0) is 0 Å². The van der Waals surface area contributed by atoms with Gasteiger partial charge in [-0.3, -0.25) is 9.78 Å². The second kappa shape index (κ2) is 4.43. The molecule has 1 amide bonds.